The van der Waals surface area contributed by atoms with Gasteiger partial charge in [0.15, 0.2) is 0 Å². The third kappa shape index (κ3) is 3.78. The molecule has 1 aliphatic heterocycles. The van der Waals surface area contributed by atoms with Gasteiger partial charge in [0.25, 0.3) is 0 Å². The van der Waals surface area contributed by atoms with Crippen molar-refractivity contribution < 1.29 is 14.3 Å². The van der Waals surface area contributed by atoms with Gasteiger partial charge in [-0.1, -0.05) is 32.9 Å². The third-order valence-corrected chi connectivity index (χ3v) is 4.05. The molecule has 0 aliphatic carbocycles. The van der Waals surface area contributed by atoms with Gasteiger partial charge in [-0.3, -0.25) is 0 Å². The van der Waals surface area contributed by atoms with E-state index in [4.69, 9.17) is 10.5 Å². The van der Waals surface area contributed by atoms with Crippen LogP contribution in [-0.4, -0.2) is 36.1 Å². The molecule has 0 spiro atoms. The Morgan fingerprint density at radius 3 is 2.45 bits per heavy atom. The molecule has 1 aromatic rings. The molecule has 2 amide bonds. The van der Waals surface area contributed by atoms with E-state index in [2.05, 4.69) is 20.8 Å². The minimum atomic E-state index is -0.451. The summed E-state index contributed by atoms with van der Waals surface area (Å²) in [4.78, 5) is 24.9. The summed E-state index contributed by atoms with van der Waals surface area (Å²) in [5, 5.41) is 0. The molecule has 5 nitrogen and oxygen atoms in total. The van der Waals surface area contributed by atoms with Crippen LogP contribution in [0.3, 0.4) is 0 Å². The molecule has 1 heterocycles. The van der Waals surface area contributed by atoms with Crippen LogP contribution >= 0.6 is 0 Å². The lowest BCUT2D eigenvalue weighted by Gasteiger charge is -2.22. The summed E-state index contributed by atoms with van der Waals surface area (Å²) in [6.07, 6.45) is 1.71. The first-order valence-electron chi connectivity index (χ1n) is 7.63. The van der Waals surface area contributed by atoms with Gasteiger partial charge in [0.05, 0.1) is 11.6 Å². The molecule has 1 atom stereocenters. The number of nitrogens with zero attached hydrogens (tertiary/aromatic N) is 1. The molecule has 0 radical (unpaired) electrons. The van der Waals surface area contributed by atoms with Gasteiger partial charge in [0.1, 0.15) is 6.61 Å². The number of esters is 1. The number of primary amides is 1. The zero-order valence-electron chi connectivity index (χ0n) is 13.5. The fraction of sp³-hybridized carbons (Fsp3) is 0.529. The highest BCUT2D eigenvalue weighted by Crippen LogP contribution is 2.22. The second-order valence-corrected chi connectivity index (χ2v) is 6.75. The quantitative estimate of drug-likeness (QED) is 0.873. The second-order valence-electron chi connectivity index (χ2n) is 6.75. The van der Waals surface area contributed by atoms with Crippen molar-refractivity contribution in [2.24, 2.45) is 5.73 Å². The van der Waals surface area contributed by atoms with E-state index in [1.54, 1.807) is 17.0 Å². The summed E-state index contributed by atoms with van der Waals surface area (Å²) in [6, 6.07) is 6.90. The maximum atomic E-state index is 12.1. The maximum Gasteiger partial charge on any atom is 0.338 e. The predicted octanol–water partition coefficient (Wildman–Crippen LogP) is 2.68. The first kappa shape index (κ1) is 16.3. The fourth-order valence-corrected chi connectivity index (χ4v) is 2.66. The summed E-state index contributed by atoms with van der Waals surface area (Å²) >= 11 is 0. The molecule has 0 aromatic heterocycles. The van der Waals surface area contributed by atoms with E-state index in [0.29, 0.717) is 12.1 Å². The molecule has 1 aliphatic rings. The summed E-state index contributed by atoms with van der Waals surface area (Å²) in [6.45, 7) is 7.21. The predicted molar refractivity (Wildman–Crippen MR) is 84.7 cm³/mol. The molecule has 0 bridgehead atoms. The van der Waals surface area contributed by atoms with Gasteiger partial charge in [0.2, 0.25) is 0 Å². The largest absolute Gasteiger partial charge is 0.460 e. The standard InChI is InChI=1S/C17H24N2O3/c1-17(2,3)13-8-6-12(7-9-13)15(20)22-11-14-5-4-10-19(14)16(18)21/h6-9,14H,4-5,10-11H2,1-3H3,(H2,18,21)/t14-/m1/s1. The van der Waals surface area contributed by atoms with Gasteiger partial charge in [-0.25, -0.2) is 9.59 Å². The maximum absolute atomic E-state index is 12.1. The number of nitrogens with two attached hydrogens (primary N) is 1. The van der Waals surface area contributed by atoms with Crippen molar-refractivity contribution in [3.8, 4) is 0 Å². The summed E-state index contributed by atoms with van der Waals surface area (Å²) < 4.78 is 5.33. The Balaban J connectivity index is 1.94. The zero-order valence-corrected chi connectivity index (χ0v) is 13.5. The lowest BCUT2D eigenvalue weighted by molar-refractivity contribution is 0.0422. The molecule has 0 unspecified atom stereocenters. The number of rotatable bonds is 3. The van der Waals surface area contributed by atoms with Crippen LogP contribution in [0.5, 0.6) is 0 Å². The van der Waals surface area contributed by atoms with Gasteiger partial charge in [0, 0.05) is 6.54 Å². The van der Waals surface area contributed by atoms with E-state index < -0.39 is 6.03 Å². The summed E-state index contributed by atoms with van der Waals surface area (Å²) in [5.41, 5.74) is 7.05. The SMILES string of the molecule is CC(C)(C)c1ccc(C(=O)OC[C@H]2CCCN2C(N)=O)cc1. The van der Waals surface area contributed by atoms with Crippen molar-refractivity contribution in [3.63, 3.8) is 0 Å². The topological polar surface area (TPSA) is 72.6 Å². The van der Waals surface area contributed by atoms with Gasteiger partial charge >= 0.3 is 12.0 Å². The smallest absolute Gasteiger partial charge is 0.338 e. The van der Waals surface area contributed by atoms with Gasteiger partial charge in [-0.2, -0.15) is 0 Å². The van der Waals surface area contributed by atoms with Crippen LogP contribution in [0.25, 0.3) is 0 Å². The van der Waals surface area contributed by atoms with Crippen LogP contribution in [0, 0.1) is 0 Å². The Labute approximate surface area is 131 Å². The number of carbonyl (C=O) groups excluding carboxylic acids is 2. The number of benzene rings is 1. The average Bonchev–Trinajstić information content (AvgIpc) is 2.92. The van der Waals surface area contributed by atoms with Crippen LogP contribution in [0.2, 0.25) is 0 Å². The van der Waals surface area contributed by atoms with Crippen LogP contribution in [0.4, 0.5) is 4.79 Å². The highest BCUT2D eigenvalue weighted by Gasteiger charge is 2.28. The second kappa shape index (κ2) is 6.38. The fourth-order valence-electron chi connectivity index (χ4n) is 2.66. The third-order valence-electron chi connectivity index (χ3n) is 4.05. The van der Waals surface area contributed by atoms with E-state index in [1.165, 1.54) is 5.56 Å². The van der Waals surface area contributed by atoms with E-state index in [9.17, 15) is 9.59 Å². The molecular weight excluding hydrogens is 280 g/mol. The monoisotopic (exact) mass is 304 g/mol. The molecule has 0 saturated carbocycles. The zero-order chi connectivity index (χ0) is 16.3. The lowest BCUT2D eigenvalue weighted by atomic mass is 9.87. The van der Waals surface area contributed by atoms with E-state index in [-0.39, 0.29) is 24.0 Å². The van der Waals surface area contributed by atoms with Crippen LogP contribution in [-0.2, 0) is 10.2 Å². The number of amides is 2. The van der Waals surface area contributed by atoms with Crippen molar-refractivity contribution in [1.29, 1.82) is 0 Å². The molecule has 2 N–H and O–H groups in total. The Hall–Kier alpha value is -2.04. The number of ether oxygens (including phenoxy) is 1. The summed E-state index contributed by atoms with van der Waals surface area (Å²) in [7, 11) is 0. The first-order valence-corrected chi connectivity index (χ1v) is 7.63. The highest BCUT2D eigenvalue weighted by molar-refractivity contribution is 5.89. The van der Waals surface area contributed by atoms with Crippen molar-refractivity contribution >= 4 is 12.0 Å². The van der Waals surface area contributed by atoms with Crippen molar-refractivity contribution in [2.45, 2.75) is 45.1 Å². The highest BCUT2D eigenvalue weighted by atomic mass is 16.5. The first-order chi connectivity index (χ1) is 10.3. The number of hydrogen-bond donors (Lipinski definition) is 1. The number of carbonyl (C=O) groups is 2. The van der Waals surface area contributed by atoms with Crippen LogP contribution < -0.4 is 5.73 Å². The van der Waals surface area contributed by atoms with Crippen LogP contribution in [0.15, 0.2) is 24.3 Å². The van der Waals surface area contributed by atoms with E-state index >= 15 is 0 Å². The molecule has 22 heavy (non-hydrogen) atoms. The molecule has 120 valence electrons. The average molecular weight is 304 g/mol. The number of urea groups is 1. The van der Waals surface area contributed by atoms with Gasteiger partial charge < -0.3 is 15.4 Å². The molecule has 5 heteroatoms. The van der Waals surface area contributed by atoms with Gasteiger partial charge in [-0.05, 0) is 36.0 Å². The Kier molecular flexibility index (Phi) is 4.74. The van der Waals surface area contributed by atoms with E-state index in [0.717, 1.165) is 12.8 Å². The number of likely N-dealkylation sites (tertiary alicyclic amines) is 1. The minimum Gasteiger partial charge on any atom is -0.460 e. The van der Waals surface area contributed by atoms with Gasteiger partial charge in [-0.15, -0.1) is 0 Å². The molecular formula is C17H24N2O3. The Morgan fingerprint density at radius 2 is 1.91 bits per heavy atom. The number of hydrogen-bond acceptors (Lipinski definition) is 3. The molecule has 1 saturated heterocycles. The Bertz CT molecular complexity index is 546. The minimum absolute atomic E-state index is 0.0499. The molecule has 1 aromatic carbocycles. The molecule has 1 fully saturated rings. The molecule has 2 rings (SSSR count). The lowest BCUT2D eigenvalue weighted by Crippen LogP contribution is -2.41. The summed E-state index contributed by atoms with van der Waals surface area (Å²) in [5.74, 6) is -0.364. The van der Waals surface area contributed by atoms with Crippen molar-refractivity contribution in [2.75, 3.05) is 13.2 Å². The Morgan fingerprint density at radius 1 is 1.27 bits per heavy atom. The normalized spacial score (nSPS) is 18.3. The van der Waals surface area contributed by atoms with Crippen molar-refractivity contribution in [3.05, 3.63) is 35.4 Å². The van der Waals surface area contributed by atoms with Crippen molar-refractivity contribution in [1.82, 2.24) is 4.90 Å². The van der Waals surface area contributed by atoms with E-state index in [1.807, 2.05) is 12.1 Å². The van der Waals surface area contributed by atoms with Crippen LogP contribution in [0.1, 0.15) is 49.5 Å².